The fourth-order valence-corrected chi connectivity index (χ4v) is 6.81. The summed E-state index contributed by atoms with van der Waals surface area (Å²) < 4.78 is 33.4. The molecule has 3 fully saturated rings. The molecule has 0 bridgehead atoms. The maximum absolute atomic E-state index is 12.9. The van der Waals surface area contributed by atoms with Gasteiger partial charge in [0.15, 0.2) is 11.6 Å². The van der Waals surface area contributed by atoms with Crippen molar-refractivity contribution in [3.05, 3.63) is 36.9 Å². The first-order valence-corrected chi connectivity index (χ1v) is 15.7. The highest BCUT2D eigenvalue weighted by Gasteiger charge is 2.39. The van der Waals surface area contributed by atoms with Gasteiger partial charge in [-0.25, -0.2) is 23.4 Å². The molecule has 7 rings (SSSR count). The zero-order chi connectivity index (χ0) is 29.0. The first kappa shape index (κ1) is 26.8. The molecular weight excluding hydrogens is 560 g/mol. The normalized spacial score (nSPS) is 18.1. The molecule has 42 heavy (non-hydrogen) atoms. The summed E-state index contributed by atoms with van der Waals surface area (Å²) in [6.45, 7) is 7.90. The van der Waals surface area contributed by atoms with Gasteiger partial charge in [-0.1, -0.05) is 0 Å². The molecule has 2 aliphatic heterocycles. The van der Waals surface area contributed by atoms with E-state index in [1.54, 1.807) is 18.5 Å². The molecule has 0 atom stereocenters. The lowest BCUT2D eigenvalue weighted by Gasteiger charge is -2.41. The number of carbonyl (C=O) groups excluding carboxylic acids is 1. The SMILES string of the molecule is CC(C)n1nc(N2CC(C(=O)N3CCOCC3)C2)c2cnc(Nc3ccnc(-c4cnn(S(=O)(=O)C5CC5)c4)n3)cc21. The molecule has 14 nitrogen and oxygen atoms in total. The highest BCUT2D eigenvalue weighted by atomic mass is 32.2. The van der Waals surface area contributed by atoms with Crippen molar-refractivity contribution in [2.45, 2.75) is 38.0 Å². The third-order valence-electron chi connectivity index (χ3n) is 7.85. The van der Waals surface area contributed by atoms with Crippen molar-refractivity contribution in [1.29, 1.82) is 0 Å². The molecule has 4 aromatic heterocycles. The van der Waals surface area contributed by atoms with E-state index in [4.69, 9.17) is 9.84 Å². The van der Waals surface area contributed by atoms with Crippen LogP contribution >= 0.6 is 0 Å². The molecule has 6 heterocycles. The van der Waals surface area contributed by atoms with Crippen molar-refractivity contribution in [3.63, 3.8) is 0 Å². The van der Waals surface area contributed by atoms with Crippen LogP contribution in [0.15, 0.2) is 36.9 Å². The number of fused-ring (bicyclic) bond motifs is 1. The van der Waals surface area contributed by atoms with Crippen molar-refractivity contribution in [1.82, 2.24) is 38.8 Å². The van der Waals surface area contributed by atoms with Crippen LogP contribution < -0.4 is 10.2 Å². The van der Waals surface area contributed by atoms with Gasteiger partial charge >= 0.3 is 0 Å². The second-order valence-corrected chi connectivity index (χ2v) is 13.3. The summed E-state index contributed by atoms with van der Waals surface area (Å²) in [5.74, 6) is 2.42. The van der Waals surface area contributed by atoms with Crippen LogP contribution in [0.2, 0.25) is 0 Å². The van der Waals surface area contributed by atoms with Gasteiger partial charge in [-0.2, -0.15) is 14.3 Å². The van der Waals surface area contributed by atoms with Crippen LogP contribution in [0.5, 0.6) is 0 Å². The zero-order valence-electron chi connectivity index (χ0n) is 23.4. The molecule has 15 heteroatoms. The van der Waals surface area contributed by atoms with Gasteiger partial charge in [0.2, 0.25) is 5.91 Å². The summed E-state index contributed by atoms with van der Waals surface area (Å²) >= 11 is 0. The molecule has 1 saturated carbocycles. The first-order chi connectivity index (χ1) is 20.3. The minimum absolute atomic E-state index is 0.0378. The summed E-state index contributed by atoms with van der Waals surface area (Å²) in [6.07, 6.45) is 7.63. The van der Waals surface area contributed by atoms with Gasteiger partial charge in [0, 0.05) is 50.7 Å². The quantitative estimate of drug-likeness (QED) is 0.320. The van der Waals surface area contributed by atoms with E-state index in [2.05, 4.69) is 44.1 Å². The van der Waals surface area contributed by atoms with Crippen LogP contribution in [-0.4, -0.2) is 97.8 Å². The van der Waals surface area contributed by atoms with Crippen LogP contribution in [0.3, 0.4) is 0 Å². The molecule has 1 amide bonds. The fraction of sp³-hybridized carbons (Fsp3) is 0.481. The van der Waals surface area contributed by atoms with E-state index in [-0.39, 0.29) is 23.1 Å². The van der Waals surface area contributed by atoms with E-state index >= 15 is 0 Å². The minimum Gasteiger partial charge on any atom is -0.378 e. The maximum Gasteiger partial charge on any atom is 0.256 e. The number of amides is 1. The van der Waals surface area contributed by atoms with Crippen molar-refractivity contribution in [2.24, 2.45) is 5.92 Å². The third-order valence-corrected chi connectivity index (χ3v) is 9.89. The number of nitrogens with one attached hydrogen (secondary N) is 1. The second kappa shape index (κ2) is 10.3. The van der Waals surface area contributed by atoms with Crippen LogP contribution in [0.1, 0.15) is 32.7 Å². The predicted octanol–water partition coefficient (Wildman–Crippen LogP) is 2.04. The van der Waals surface area contributed by atoms with Crippen molar-refractivity contribution >= 4 is 44.3 Å². The Balaban J connectivity index is 1.09. The molecule has 4 aromatic rings. The molecule has 1 N–H and O–H groups in total. The molecule has 0 spiro atoms. The number of carbonyl (C=O) groups is 1. The van der Waals surface area contributed by atoms with E-state index in [1.165, 1.54) is 12.4 Å². The van der Waals surface area contributed by atoms with Crippen LogP contribution in [0.25, 0.3) is 22.3 Å². The Morgan fingerprint density at radius 1 is 1.10 bits per heavy atom. The van der Waals surface area contributed by atoms with E-state index in [9.17, 15) is 13.2 Å². The number of anilines is 3. The Morgan fingerprint density at radius 2 is 1.88 bits per heavy atom. The molecule has 220 valence electrons. The molecule has 0 radical (unpaired) electrons. The van der Waals surface area contributed by atoms with Gasteiger partial charge in [0.05, 0.1) is 53.2 Å². The Hall–Kier alpha value is -4.11. The summed E-state index contributed by atoms with van der Waals surface area (Å²) in [7, 11) is -3.47. The summed E-state index contributed by atoms with van der Waals surface area (Å²) in [6, 6.07) is 3.76. The zero-order valence-corrected chi connectivity index (χ0v) is 24.2. The lowest BCUT2D eigenvalue weighted by molar-refractivity contribution is -0.140. The Morgan fingerprint density at radius 3 is 2.62 bits per heavy atom. The standard InChI is InChI=1S/C27H32N10O4S/c1-17(2)37-22-11-24(29-13-21(22)26(33-37)35-14-19(15-35)27(38)34-7-9-41-10-8-34)31-23-5-6-28-25(32-23)18-12-30-36(16-18)42(39,40)20-3-4-20/h5-6,11-13,16-17,19-20H,3-4,7-10,14-15H2,1-2H3,(H,28,29,31,32). The number of hydrogen-bond acceptors (Lipinski definition) is 11. The highest BCUT2D eigenvalue weighted by molar-refractivity contribution is 7.90. The monoisotopic (exact) mass is 592 g/mol. The topological polar surface area (TPSA) is 153 Å². The molecule has 3 aliphatic rings. The fourth-order valence-electron chi connectivity index (χ4n) is 5.34. The average Bonchev–Trinajstić information content (AvgIpc) is 3.60. The number of aromatic nitrogens is 7. The minimum atomic E-state index is -3.47. The van der Waals surface area contributed by atoms with Gasteiger partial charge in [-0.15, -0.1) is 0 Å². The lowest BCUT2D eigenvalue weighted by Crippen LogP contribution is -2.56. The van der Waals surface area contributed by atoms with Crippen molar-refractivity contribution < 1.29 is 17.9 Å². The highest BCUT2D eigenvalue weighted by Crippen LogP contribution is 2.34. The Kier molecular flexibility index (Phi) is 6.57. The number of morpholine rings is 1. The molecule has 2 saturated heterocycles. The van der Waals surface area contributed by atoms with Gasteiger partial charge in [-0.05, 0) is 32.8 Å². The van der Waals surface area contributed by atoms with Gasteiger partial charge < -0.3 is 19.9 Å². The largest absolute Gasteiger partial charge is 0.378 e. The molecule has 0 aromatic carbocycles. The third kappa shape index (κ3) is 4.85. The molecule has 0 unspecified atom stereocenters. The Labute approximate surface area is 242 Å². The van der Waals surface area contributed by atoms with Crippen molar-refractivity contribution in [3.8, 4) is 11.4 Å². The number of hydrogen-bond donors (Lipinski definition) is 1. The van der Waals surface area contributed by atoms with Crippen LogP contribution in [0, 0.1) is 5.92 Å². The number of ether oxygens (including phenoxy) is 1. The number of pyridine rings is 1. The Bertz CT molecular complexity index is 1750. The number of nitrogens with zero attached hydrogens (tertiary/aromatic N) is 9. The predicted molar refractivity (Wildman–Crippen MR) is 155 cm³/mol. The average molecular weight is 593 g/mol. The first-order valence-electron chi connectivity index (χ1n) is 14.2. The smallest absolute Gasteiger partial charge is 0.256 e. The van der Waals surface area contributed by atoms with Gasteiger partial charge in [0.25, 0.3) is 10.0 Å². The number of rotatable bonds is 8. The molecule has 1 aliphatic carbocycles. The lowest BCUT2D eigenvalue weighted by atomic mass is 9.98. The summed E-state index contributed by atoms with van der Waals surface area (Å²) in [4.78, 5) is 30.4. The molecular formula is C27H32N10O4S. The maximum atomic E-state index is 12.9. The second-order valence-electron chi connectivity index (χ2n) is 11.2. The van der Waals surface area contributed by atoms with Gasteiger partial charge in [0.1, 0.15) is 11.6 Å². The van der Waals surface area contributed by atoms with Gasteiger partial charge in [-0.3, -0.25) is 9.48 Å². The van der Waals surface area contributed by atoms with E-state index < -0.39 is 10.0 Å². The van der Waals surface area contributed by atoms with Crippen LogP contribution in [0.4, 0.5) is 17.5 Å². The summed E-state index contributed by atoms with van der Waals surface area (Å²) in [5, 5.41) is 12.7. The summed E-state index contributed by atoms with van der Waals surface area (Å²) in [5.41, 5.74) is 1.43. The van der Waals surface area contributed by atoms with E-state index in [0.717, 1.165) is 20.8 Å². The van der Waals surface area contributed by atoms with E-state index in [1.807, 2.05) is 15.6 Å². The van der Waals surface area contributed by atoms with Crippen LogP contribution in [-0.2, 0) is 19.6 Å². The van der Waals surface area contributed by atoms with Crippen molar-refractivity contribution in [2.75, 3.05) is 49.6 Å². The van der Waals surface area contributed by atoms with E-state index in [0.29, 0.717) is 75.3 Å².